The summed E-state index contributed by atoms with van der Waals surface area (Å²) >= 11 is 6.12. The fraction of sp³-hybridized carbons (Fsp3) is 0.591. The van der Waals surface area contributed by atoms with Crippen LogP contribution in [-0.4, -0.2) is 26.9 Å². The Bertz CT molecular complexity index is 905. The van der Waals surface area contributed by atoms with Gasteiger partial charge in [0.05, 0.1) is 16.9 Å². The molecule has 5 nitrogen and oxygen atoms in total. The van der Waals surface area contributed by atoms with Crippen molar-refractivity contribution in [1.82, 2.24) is 14.5 Å². The van der Waals surface area contributed by atoms with Crippen molar-refractivity contribution >= 4 is 28.4 Å². The van der Waals surface area contributed by atoms with Crippen LogP contribution in [0.3, 0.4) is 0 Å². The molecule has 1 aliphatic carbocycles. The molecular formula is C22H30ClN3O2. The number of nitrogens with zero attached hydrogens (tertiary/aromatic N) is 3. The minimum atomic E-state index is -0.245. The standard InChI is InChI=1S/C22H30ClN3O2/c1-4-6-7-8-13-26(21(27)16-9-10-16)15(3)20-24-19-14-17(23)11-12-18(19)22(28)25(20)5-2/h11-12,14-16H,4-10,13H2,1-3H3. The minimum Gasteiger partial charge on any atom is -0.333 e. The van der Waals surface area contributed by atoms with Crippen LogP contribution in [0, 0.1) is 5.92 Å². The summed E-state index contributed by atoms with van der Waals surface area (Å²) in [5, 5.41) is 1.11. The Morgan fingerprint density at radius 3 is 2.68 bits per heavy atom. The van der Waals surface area contributed by atoms with Crippen LogP contribution in [0.4, 0.5) is 0 Å². The van der Waals surface area contributed by atoms with E-state index in [0.717, 1.165) is 32.1 Å². The van der Waals surface area contributed by atoms with Gasteiger partial charge in [-0.05, 0) is 51.3 Å². The molecule has 1 aromatic carbocycles. The predicted molar refractivity (Wildman–Crippen MR) is 114 cm³/mol. The first-order valence-corrected chi connectivity index (χ1v) is 10.9. The molecule has 0 bridgehead atoms. The van der Waals surface area contributed by atoms with Crippen LogP contribution in [0.25, 0.3) is 10.9 Å². The molecule has 0 saturated heterocycles. The number of rotatable bonds is 9. The summed E-state index contributed by atoms with van der Waals surface area (Å²) in [4.78, 5) is 32.7. The second-order valence-electron chi connectivity index (χ2n) is 7.72. The van der Waals surface area contributed by atoms with E-state index in [1.54, 1.807) is 22.8 Å². The van der Waals surface area contributed by atoms with Crippen molar-refractivity contribution in [3.05, 3.63) is 39.4 Å². The van der Waals surface area contributed by atoms with Gasteiger partial charge < -0.3 is 4.90 Å². The zero-order valence-corrected chi connectivity index (χ0v) is 17.8. The summed E-state index contributed by atoms with van der Waals surface area (Å²) in [6.45, 7) is 7.34. The summed E-state index contributed by atoms with van der Waals surface area (Å²) in [7, 11) is 0. The van der Waals surface area contributed by atoms with Gasteiger partial charge in [-0.25, -0.2) is 4.98 Å². The number of hydrogen-bond donors (Lipinski definition) is 0. The van der Waals surface area contributed by atoms with E-state index in [-0.39, 0.29) is 23.4 Å². The molecule has 1 atom stereocenters. The fourth-order valence-corrected chi connectivity index (χ4v) is 3.91. The number of unbranched alkanes of at least 4 members (excludes halogenated alkanes) is 3. The van der Waals surface area contributed by atoms with Crippen molar-refractivity contribution < 1.29 is 4.79 Å². The maximum Gasteiger partial charge on any atom is 0.261 e. The van der Waals surface area contributed by atoms with Crippen LogP contribution >= 0.6 is 11.6 Å². The first kappa shape index (κ1) is 20.8. The lowest BCUT2D eigenvalue weighted by atomic mass is 10.1. The zero-order chi connectivity index (χ0) is 20.3. The van der Waals surface area contributed by atoms with Gasteiger partial charge in [0.2, 0.25) is 5.91 Å². The molecule has 1 amide bonds. The number of carbonyl (C=O) groups excluding carboxylic acids is 1. The summed E-state index contributed by atoms with van der Waals surface area (Å²) in [6, 6.07) is 4.92. The van der Waals surface area contributed by atoms with Crippen molar-refractivity contribution in [2.24, 2.45) is 5.92 Å². The average Bonchev–Trinajstić information content (AvgIpc) is 3.52. The largest absolute Gasteiger partial charge is 0.333 e. The Kier molecular flexibility index (Phi) is 6.76. The van der Waals surface area contributed by atoms with E-state index in [1.807, 2.05) is 18.7 Å². The number of benzene rings is 1. The minimum absolute atomic E-state index is 0.0733. The Hall–Kier alpha value is -1.88. The molecular weight excluding hydrogens is 374 g/mol. The lowest BCUT2D eigenvalue weighted by molar-refractivity contribution is -0.135. The SMILES string of the molecule is CCCCCCN(C(=O)C1CC1)C(C)c1nc2cc(Cl)ccc2c(=O)n1CC. The van der Waals surface area contributed by atoms with Crippen LogP contribution in [0.1, 0.15) is 71.2 Å². The molecule has 1 aromatic heterocycles. The van der Waals surface area contributed by atoms with Gasteiger partial charge in [0, 0.05) is 24.0 Å². The second kappa shape index (κ2) is 9.08. The summed E-state index contributed by atoms with van der Waals surface area (Å²) < 4.78 is 1.69. The topological polar surface area (TPSA) is 55.2 Å². The summed E-state index contributed by atoms with van der Waals surface area (Å²) in [5.41, 5.74) is 0.518. The molecule has 1 unspecified atom stereocenters. The first-order chi connectivity index (χ1) is 13.5. The Labute approximate surface area is 171 Å². The summed E-state index contributed by atoms with van der Waals surface area (Å²) in [6.07, 6.45) is 6.36. The molecule has 6 heteroatoms. The maximum absolute atomic E-state index is 13.0. The van der Waals surface area contributed by atoms with Crippen LogP contribution in [0.15, 0.2) is 23.0 Å². The fourth-order valence-electron chi connectivity index (χ4n) is 3.74. The molecule has 1 heterocycles. The van der Waals surface area contributed by atoms with E-state index < -0.39 is 0 Å². The molecule has 3 rings (SSSR count). The van der Waals surface area contributed by atoms with Crippen molar-refractivity contribution in [3.63, 3.8) is 0 Å². The van der Waals surface area contributed by atoms with Gasteiger partial charge in [0.15, 0.2) is 0 Å². The van der Waals surface area contributed by atoms with E-state index in [2.05, 4.69) is 6.92 Å². The highest BCUT2D eigenvalue weighted by Gasteiger charge is 2.36. The summed E-state index contributed by atoms with van der Waals surface area (Å²) in [5.74, 6) is 0.990. The van der Waals surface area contributed by atoms with Crippen molar-refractivity contribution in [1.29, 1.82) is 0 Å². The van der Waals surface area contributed by atoms with Crippen LogP contribution in [-0.2, 0) is 11.3 Å². The molecule has 28 heavy (non-hydrogen) atoms. The third-order valence-electron chi connectivity index (χ3n) is 5.57. The second-order valence-corrected chi connectivity index (χ2v) is 8.16. The molecule has 1 fully saturated rings. The number of aromatic nitrogens is 2. The molecule has 0 spiro atoms. The van der Waals surface area contributed by atoms with Crippen molar-refractivity contribution in [2.75, 3.05) is 6.54 Å². The number of amides is 1. The number of hydrogen-bond acceptors (Lipinski definition) is 3. The zero-order valence-electron chi connectivity index (χ0n) is 17.1. The molecule has 1 aliphatic rings. The lowest BCUT2D eigenvalue weighted by Crippen LogP contribution is -2.39. The molecule has 0 radical (unpaired) electrons. The molecule has 0 N–H and O–H groups in total. The van der Waals surface area contributed by atoms with Crippen molar-refractivity contribution in [3.8, 4) is 0 Å². The van der Waals surface area contributed by atoms with E-state index in [4.69, 9.17) is 16.6 Å². The highest BCUT2D eigenvalue weighted by Crippen LogP contribution is 2.34. The van der Waals surface area contributed by atoms with Gasteiger partial charge in [0.25, 0.3) is 5.56 Å². The van der Waals surface area contributed by atoms with Gasteiger partial charge in [-0.15, -0.1) is 0 Å². The number of halogens is 1. The first-order valence-electron chi connectivity index (χ1n) is 10.5. The van der Waals surface area contributed by atoms with Gasteiger partial charge in [-0.3, -0.25) is 14.2 Å². The van der Waals surface area contributed by atoms with Crippen LogP contribution in [0.2, 0.25) is 5.02 Å². The maximum atomic E-state index is 13.0. The van der Waals surface area contributed by atoms with Gasteiger partial charge in [-0.2, -0.15) is 0 Å². The predicted octanol–water partition coefficient (Wildman–Crippen LogP) is 4.95. The smallest absolute Gasteiger partial charge is 0.261 e. The van der Waals surface area contributed by atoms with Crippen LogP contribution < -0.4 is 5.56 Å². The monoisotopic (exact) mass is 403 g/mol. The normalized spacial score (nSPS) is 15.0. The van der Waals surface area contributed by atoms with E-state index in [0.29, 0.717) is 34.8 Å². The molecule has 0 aliphatic heterocycles. The van der Waals surface area contributed by atoms with E-state index in [9.17, 15) is 9.59 Å². The van der Waals surface area contributed by atoms with Gasteiger partial charge in [-0.1, -0.05) is 37.8 Å². The Morgan fingerprint density at radius 1 is 1.29 bits per heavy atom. The van der Waals surface area contributed by atoms with Gasteiger partial charge >= 0.3 is 0 Å². The molecule has 2 aromatic rings. The average molecular weight is 404 g/mol. The molecule has 152 valence electrons. The van der Waals surface area contributed by atoms with Crippen molar-refractivity contribution in [2.45, 2.75) is 71.9 Å². The molecule has 1 saturated carbocycles. The third-order valence-corrected chi connectivity index (χ3v) is 5.80. The Morgan fingerprint density at radius 2 is 2.04 bits per heavy atom. The highest BCUT2D eigenvalue weighted by atomic mass is 35.5. The van der Waals surface area contributed by atoms with Crippen LogP contribution in [0.5, 0.6) is 0 Å². The highest BCUT2D eigenvalue weighted by molar-refractivity contribution is 6.31. The van der Waals surface area contributed by atoms with E-state index >= 15 is 0 Å². The number of fused-ring (bicyclic) bond motifs is 1. The van der Waals surface area contributed by atoms with E-state index in [1.165, 1.54) is 6.42 Å². The number of carbonyl (C=O) groups is 1. The lowest BCUT2D eigenvalue weighted by Gasteiger charge is -2.30. The third kappa shape index (κ3) is 4.40. The Balaban J connectivity index is 1.98. The quantitative estimate of drug-likeness (QED) is 0.556. The van der Waals surface area contributed by atoms with Gasteiger partial charge in [0.1, 0.15) is 5.82 Å².